The molecule has 0 bridgehead atoms. The van der Waals surface area contributed by atoms with Crippen LogP contribution in [0.15, 0.2) is 24.3 Å². The van der Waals surface area contributed by atoms with Gasteiger partial charge in [-0.2, -0.15) is 0 Å². The van der Waals surface area contributed by atoms with Crippen LogP contribution in [0.25, 0.3) is 0 Å². The lowest BCUT2D eigenvalue weighted by Gasteiger charge is -2.33. The van der Waals surface area contributed by atoms with Gasteiger partial charge in [-0.3, -0.25) is 9.59 Å². The van der Waals surface area contributed by atoms with E-state index >= 15 is 0 Å². The van der Waals surface area contributed by atoms with Crippen molar-refractivity contribution in [3.8, 4) is 0 Å². The molecule has 0 saturated carbocycles. The average molecular weight is 351 g/mol. The summed E-state index contributed by atoms with van der Waals surface area (Å²) in [6, 6.07) is 5.20. The van der Waals surface area contributed by atoms with Crippen molar-refractivity contribution in [2.24, 2.45) is 0 Å². The van der Waals surface area contributed by atoms with E-state index in [0.29, 0.717) is 30.1 Å². The maximum atomic E-state index is 12.3. The molecule has 8 heteroatoms. The second-order valence-electron chi connectivity index (χ2n) is 6.02. The maximum absolute atomic E-state index is 12.3. The monoisotopic (exact) mass is 350 g/mol. The van der Waals surface area contributed by atoms with Crippen molar-refractivity contribution in [1.29, 1.82) is 0 Å². The summed E-state index contributed by atoms with van der Waals surface area (Å²) >= 11 is 5.88. The maximum Gasteiger partial charge on any atom is 0.319 e. The van der Waals surface area contributed by atoms with Gasteiger partial charge in [-0.25, -0.2) is 4.79 Å². The summed E-state index contributed by atoms with van der Waals surface area (Å²) in [4.78, 5) is 38.1. The Morgan fingerprint density at radius 1 is 1.42 bits per heavy atom. The molecule has 0 aliphatic carbocycles. The second kappa shape index (κ2) is 6.68. The molecular weight excluding hydrogens is 332 g/mol. The summed E-state index contributed by atoms with van der Waals surface area (Å²) in [5.41, 5.74) is 0.579. The zero-order valence-electron chi connectivity index (χ0n) is 13.2. The van der Waals surface area contributed by atoms with Crippen molar-refractivity contribution >= 4 is 35.1 Å². The second-order valence-corrected chi connectivity index (χ2v) is 6.45. The van der Waals surface area contributed by atoms with Gasteiger partial charge >= 0.3 is 6.03 Å². The van der Waals surface area contributed by atoms with Crippen LogP contribution in [0.4, 0.5) is 10.5 Å². The molecule has 2 heterocycles. The number of nitrogens with zero attached hydrogens (tertiary/aromatic N) is 1. The van der Waals surface area contributed by atoms with E-state index in [1.165, 1.54) is 0 Å². The molecule has 24 heavy (non-hydrogen) atoms. The Balaban J connectivity index is 1.60. The van der Waals surface area contributed by atoms with Gasteiger partial charge in [0, 0.05) is 17.3 Å². The highest BCUT2D eigenvalue weighted by Gasteiger charge is 2.46. The Kier molecular flexibility index (Phi) is 4.62. The molecule has 2 aliphatic heterocycles. The lowest BCUT2D eigenvalue weighted by atomic mass is 10.1. The number of amides is 4. The van der Waals surface area contributed by atoms with Gasteiger partial charge in [-0.15, -0.1) is 0 Å². The van der Waals surface area contributed by atoms with Crippen LogP contribution in [-0.4, -0.2) is 47.4 Å². The van der Waals surface area contributed by atoms with Crippen LogP contribution in [0.5, 0.6) is 0 Å². The molecule has 0 radical (unpaired) electrons. The highest BCUT2D eigenvalue weighted by atomic mass is 35.5. The van der Waals surface area contributed by atoms with Crippen LogP contribution in [0.1, 0.15) is 19.8 Å². The minimum absolute atomic E-state index is 0.0818. The summed E-state index contributed by atoms with van der Waals surface area (Å²) in [6.45, 7) is 2.20. The van der Waals surface area contributed by atoms with Crippen LogP contribution in [0, 0.1) is 0 Å². The van der Waals surface area contributed by atoms with E-state index < -0.39 is 12.1 Å². The third kappa shape index (κ3) is 3.31. The number of piperazine rings is 1. The van der Waals surface area contributed by atoms with E-state index in [0.717, 1.165) is 0 Å². The minimum atomic E-state index is -0.503. The zero-order valence-corrected chi connectivity index (χ0v) is 14.0. The number of hydrogen-bond acceptors (Lipinski definition) is 3. The zero-order chi connectivity index (χ0) is 17.3. The van der Waals surface area contributed by atoms with Crippen LogP contribution >= 0.6 is 11.6 Å². The number of fused-ring (bicyclic) bond motifs is 1. The van der Waals surface area contributed by atoms with Crippen molar-refractivity contribution in [3.63, 3.8) is 0 Å². The third-order valence-corrected chi connectivity index (χ3v) is 4.56. The first kappa shape index (κ1) is 16.6. The third-order valence-electron chi connectivity index (χ3n) is 4.33. The molecule has 2 fully saturated rings. The summed E-state index contributed by atoms with van der Waals surface area (Å²) in [5.74, 6) is -0.234. The Morgan fingerprint density at radius 3 is 2.92 bits per heavy atom. The Hall–Kier alpha value is -2.28. The van der Waals surface area contributed by atoms with E-state index in [-0.39, 0.29) is 23.9 Å². The molecule has 4 amide bonds. The molecule has 2 aliphatic rings. The van der Waals surface area contributed by atoms with Crippen LogP contribution in [-0.2, 0) is 9.59 Å². The highest BCUT2D eigenvalue weighted by Crippen LogP contribution is 2.23. The van der Waals surface area contributed by atoms with Crippen molar-refractivity contribution in [2.75, 3.05) is 11.9 Å². The fraction of sp³-hybridized carbons (Fsp3) is 0.438. The summed E-state index contributed by atoms with van der Waals surface area (Å²) in [7, 11) is 0. The quantitative estimate of drug-likeness (QED) is 0.768. The molecule has 3 atom stereocenters. The topological polar surface area (TPSA) is 90.5 Å². The average Bonchev–Trinajstić information content (AvgIpc) is 2.95. The number of nitrogens with one attached hydrogen (secondary N) is 3. The lowest BCUT2D eigenvalue weighted by molar-refractivity contribution is -0.147. The van der Waals surface area contributed by atoms with E-state index in [2.05, 4.69) is 16.0 Å². The van der Waals surface area contributed by atoms with Crippen molar-refractivity contribution in [1.82, 2.24) is 15.5 Å². The molecule has 128 valence electrons. The first-order chi connectivity index (χ1) is 11.5. The van der Waals surface area contributed by atoms with Gasteiger partial charge < -0.3 is 20.9 Å². The molecule has 1 aromatic rings. The SMILES string of the molecule is CC[C@@H]1NC(=O)[C@@H]2C[C@H](NC(=O)Nc3cccc(Cl)c3)CN2C1=O. The van der Waals surface area contributed by atoms with Gasteiger partial charge in [-0.1, -0.05) is 24.6 Å². The standard InChI is InChI=1S/C16H19ClN4O3/c1-2-12-15(23)21-8-11(7-13(21)14(22)20-12)19-16(24)18-10-5-3-4-9(17)6-10/h3-6,11-13H,2,7-8H2,1H3,(H,20,22)(H2,18,19,24)/t11-,12-,13-/m0/s1. The Labute approximate surface area is 144 Å². The molecule has 3 N–H and O–H groups in total. The highest BCUT2D eigenvalue weighted by molar-refractivity contribution is 6.30. The molecule has 0 aromatic heterocycles. The van der Waals surface area contributed by atoms with Gasteiger partial charge in [0.25, 0.3) is 0 Å². The number of urea groups is 1. The van der Waals surface area contributed by atoms with E-state index in [1.807, 2.05) is 6.92 Å². The van der Waals surface area contributed by atoms with Gasteiger partial charge in [0.1, 0.15) is 12.1 Å². The summed E-state index contributed by atoms with van der Waals surface area (Å²) in [5, 5.41) is 8.77. The Morgan fingerprint density at radius 2 is 2.21 bits per heavy atom. The largest absolute Gasteiger partial charge is 0.343 e. The number of rotatable bonds is 3. The van der Waals surface area contributed by atoms with Crippen molar-refractivity contribution in [3.05, 3.63) is 29.3 Å². The normalized spacial score (nSPS) is 25.9. The molecule has 1 aromatic carbocycles. The minimum Gasteiger partial charge on any atom is -0.343 e. The van der Waals surface area contributed by atoms with E-state index in [9.17, 15) is 14.4 Å². The lowest BCUT2D eigenvalue weighted by Crippen LogP contribution is -2.60. The fourth-order valence-electron chi connectivity index (χ4n) is 3.16. The summed E-state index contributed by atoms with van der Waals surface area (Å²) in [6.07, 6.45) is 0.970. The molecule has 3 rings (SSSR count). The first-order valence-corrected chi connectivity index (χ1v) is 8.29. The van der Waals surface area contributed by atoms with Crippen molar-refractivity contribution < 1.29 is 14.4 Å². The van der Waals surface area contributed by atoms with Gasteiger partial charge in [-0.05, 0) is 31.0 Å². The van der Waals surface area contributed by atoms with Gasteiger partial charge in [0.15, 0.2) is 0 Å². The predicted octanol–water partition coefficient (Wildman–Crippen LogP) is 1.34. The molecule has 7 nitrogen and oxygen atoms in total. The van der Waals surface area contributed by atoms with Crippen LogP contribution < -0.4 is 16.0 Å². The summed E-state index contributed by atoms with van der Waals surface area (Å²) < 4.78 is 0. The first-order valence-electron chi connectivity index (χ1n) is 7.92. The van der Waals surface area contributed by atoms with Gasteiger partial charge in [0.2, 0.25) is 11.8 Å². The van der Waals surface area contributed by atoms with Crippen molar-refractivity contribution in [2.45, 2.75) is 37.9 Å². The molecule has 0 unspecified atom stereocenters. The molecule has 0 spiro atoms. The Bertz CT molecular complexity index is 681. The molecule has 2 saturated heterocycles. The van der Waals surface area contributed by atoms with E-state index in [1.54, 1.807) is 29.2 Å². The number of anilines is 1. The smallest absolute Gasteiger partial charge is 0.319 e. The van der Waals surface area contributed by atoms with E-state index in [4.69, 9.17) is 11.6 Å². The molecular formula is C16H19ClN4O3. The number of benzene rings is 1. The number of carbonyl (C=O) groups is 3. The van der Waals surface area contributed by atoms with Crippen LogP contribution in [0.3, 0.4) is 0 Å². The van der Waals surface area contributed by atoms with Crippen LogP contribution in [0.2, 0.25) is 5.02 Å². The fourth-order valence-corrected chi connectivity index (χ4v) is 3.35. The number of halogens is 1. The number of hydrogen-bond donors (Lipinski definition) is 3. The predicted molar refractivity (Wildman–Crippen MR) is 89.7 cm³/mol. The number of carbonyl (C=O) groups excluding carboxylic acids is 3. The van der Waals surface area contributed by atoms with Gasteiger partial charge in [0.05, 0.1) is 6.04 Å².